The zero-order valence-corrected chi connectivity index (χ0v) is 12.8. The largest absolute Gasteiger partial charge is 0.463 e. The monoisotopic (exact) mass is 332 g/mol. The molecule has 1 aliphatic heterocycles. The second kappa shape index (κ2) is 5.35. The van der Waals surface area contributed by atoms with E-state index in [4.69, 9.17) is 9.15 Å². The molecule has 9 nitrogen and oxygen atoms in total. The fourth-order valence-corrected chi connectivity index (χ4v) is 3.01. The molecule has 0 aliphatic carbocycles. The van der Waals surface area contributed by atoms with Crippen LogP contribution in [0.1, 0.15) is 13.2 Å². The summed E-state index contributed by atoms with van der Waals surface area (Å²) in [6, 6.07) is 3.50. The summed E-state index contributed by atoms with van der Waals surface area (Å²) in [5.74, 6) is 0.542. The molecule has 0 radical (unpaired) electrons. The van der Waals surface area contributed by atoms with Gasteiger partial charge in [0.25, 0.3) is 0 Å². The molecule has 24 heavy (non-hydrogen) atoms. The Morgan fingerprint density at radius 1 is 1.33 bits per heavy atom. The van der Waals surface area contributed by atoms with Gasteiger partial charge in [0, 0.05) is 0 Å². The highest BCUT2D eigenvalue weighted by Gasteiger charge is 2.53. The van der Waals surface area contributed by atoms with Crippen molar-refractivity contribution in [2.75, 3.05) is 6.61 Å². The summed E-state index contributed by atoms with van der Waals surface area (Å²) < 4.78 is 12.5. The Kier molecular flexibility index (Phi) is 3.39. The lowest BCUT2D eigenvalue weighted by Crippen LogP contribution is -2.44. The summed E-state index contributed by atoms with van der Waals surface area (Å²) in [6.45, 7) is 1.03. The summed E-state index contributed by atoms with van der Waals surface area (Å²) in [4.78, 5) is 12.7. The molecule has 4 heterocycles. The molecule has 0 saturated carbocycles. The molecule has 4 rings (SSSR count). The number of ether oxygens (including phenoxy) is 1. The smallest absolute Gasteiger partial charge is 0.168 e. The van der Waals surface area contributed by atoms with Crippen molar-refractivity contribution in [3.05, 3.63) is 31.1 Å². The summed E-state index contributed by atoms with van der Waals surface area (Å²) in [5.41, 5.74) is -0.196. The number of fused-ring (bicyclic) bond motifs is 1. The lowest BCUT2D eigenvalue weighted by molar-refractivity contribution is -0.0950. The zero-order valence-electron chi connectivity index (χ0n) is 12.8. The first-order chi connectivity index (χ1) is 11.5. The van der Waals surface area contributed by atoms with Gasteiger partial charge in [-0.05, 0) is 19.1 Å². The van der Waals surface area contributed by atoms with E-state index in [-0.39, 0.29) is 0 Å². The maximum atomic E-state index is 10.6. The third-order valence-corrected chi connectivity index (χ3v) is 4.30. The molecule has 0 bridgehead atoms. The van der Waals surface area contributed by atoms with Gasteiger partial charge in [0.2, 0.25) is 0 Å². The lowest BCUT2D eigenvalue weighted by atomic mass is 9.96. The molecule has 0 amide bonds. The highest BCUT2D eigenvalue weighted by molar-refractivity contribution is 5.85. The van der Waals surface area contributed by atoms with Gasteiger partial charge >= 0.3 is 0 Å². The minimum absolute atomic E-state index is 0.410. The van der Waals surface area contributed by atoms with Gasteiger partial charge in [-0.25, -0.2) is 15.0 Å². The van der Waals surface area contributed by atoms with Crippen LogP contribution in [-0.2, 0) is 4.74 Å². The van der Waals surface area contributed by atoms with Gasteiger partial charge in [0.05, 0.1) is 19.2 Å². The molecular formula is C15H16N4O5. The molecule has 4 unspecified atom stereocenters. The van der Waals surface area contributed by atoms with Crippen LogP contribution in [0.3, 0.4) is 0 Å². The summed E-state index contributed by atoms with van der Waals surface area (Å²) >= 11 is 0. The standard InChI is InChI=1S/C15H16N4O5/c1-15(22)12(21)9(5-20)24-14(15)19-7-18-11-10(8-3-2-4-23-8)16-6-17-13(11)19/h2-4,6-7,9,12,14,20-22H,5H2,1H3. The number of aromatic nitrogens is 4. The van der Waals surface area contributed by atoms with E-state index < -0.39 is 30.6 Å². The predicted octanol–water partition coefficient (Wildman–Crippen LogP) is 0.0879. The average molecular weight is 332 g/mol. The fraction of sp³-hybridized carbons (Fsp3) is 0.400. The van der Waals surface area contributed by atoms with E-state index >= 15 is 0 Å². The van der Waals surface area contributed by atoms with Gasteiger partial charge in [-0.15, -0.1) is 0 Å². The Morgan fingerprint density at radius 2 is 2.17 bits per heavy atom. The normalized spacial score (nSPS) is 30.2. The SMILES string of the molecule is CC1(O)C(O)C(CO)OC1n1cnc2c(-c3ccco3)ncnc21. The molecule has 3 N–H and O–H groups in total. The van der Waals surface area contributed by atoms with Gasteiger partial charge in [0.1, 0.15) is 35.3 Å². The number of aliphatic hydroxyl groups is 3. The molecule has 9 heteroatoms. The maximum absolute atomic E-state index is 10.6. The van der Waals surface area contributed by atoms with Gasteiger partial charge in [-0.1, -0.05) is 0 Å². The first-order valence-corrected chi connectivity index (χ1v) is 7.42. The first-order valence-electron chi connectivity index (χ1n) is 7.42. The van der Waals surface area contributed by atoms with E-state index in [2.05, 4.69) is 15.0 Å². The van der Waals surface area contributed by atoms with Gasteiger partial charge < -0.3 is 24.5 Å². The minimum atomic E-state index is -1.61. The number of rotatable bonds is 3. The van der Waals surface area contributed by atoms with Crippen LogP contribution in [-0.4, -0.2) is 59.3 Å². The van der Waals surface area contributed by atoms with E-state index in [9.17, 15) is 15.3 Å². The van der Waals surface area contributed by atoms with E-state index in [1.807, 2.05) is 0 Å². The second-order valence-electron chi connectivity index (χ2n) is 5.90. The zero-order chi connectivity index (χ0) is 16.9. The van der Waals surface area contributed by atoms with Gasteiger partial charge in [0.15, 0.2) is 17.6 Å². The molecule has 4 atom stereocenters. The van der Waals surface area contributed by atoms with Crippen molar-refractivity contribution in [2.45, 2.75) is 31.0 Å². The summed E-state index contributed by atoms with van der Waals surface area (Å²) in [5, 5.41) is 30.1. The Morgan fingerprint density at radius 3 is 2.83 bits per heavy atom. The van der Waals surface area contributed by atoms with Crippen molar-refractivity contribution in [3.8, 4) is 11.5 Å². The van der Waals surface area contributed by atoms with Crippen molar-refractivity contribution in [3.63, 3.8) is 0 Å². The topological polar surface area (TPSA) is 127 Å². The molecule has 3 aromatic rings. The van der Waals surface area contributed by atoms with Crippen LogP contribution in [0.2, 0.25) is 0 Å². The number of aliphatic hydroxyl groups excluding tert-OH is 2. The molecule has 126 valence electrons. The Balaban J connectivity index is 1.83. The number of nitrogens with zero attached hydrogens (tertiary/aromatic N) is 4. The minimum Gasteiger partial charge on any atom is -0.463 e. The van der Waals surface area contributed by atoms with Crippen molar-refractivity contribution < 1.29 is 24.5 Å². The van der Waals surface area contributed by atoms with Crippen molar-refractivity contribution >= 4 is 11.2 Å². The van der Waals surface area contributed by atoms with E-state index in [1.54, 1.807) is 12.1 Å². The van der Waals surface area contributed by atoms with Gasteiger partial charge in [-0.2, -0.15) is 0 Å². The van der Waals surface area contributed by atoms with E-state index in [0.717, 1.165) is 0 Å². The van der Waals surface area contributed by atoms with Gasteiger partial charge in [-0.3, -0.25) is 4.57 Å². The Bertz CT molecular complexity index is 860. The van der Waals surface area contributed by atoms with Crippen LogP contribution < -0.4 is 0 Å². The molecule has 1 fully saturated rings. The van der Waals surface area contributed by atoms with Crippen LogP contribution in [0.15, 0.2) is 35.5 Å². The molecule has 3 aromatic heterocycles. The quantitative estimate of drug-likeness (QED) is 0.616. The third kappa shape index (κ3) is 2.06. The molecule has 0 spiro atoms. The highest BCUT2D eigenvalue weighted by atomic mass is 16.6. The third-order valence-electron chi connectivity index (χ3n) is 4.30. The second-order valence-corrected chi connectivity index (χ2v) is 5.90. The molecule has 0 aromatic carbocycles. The van der Waals surface area contributed by atoms with Crippen LogP contribution in [0.5, 0.6) is 0 Å². The first kappa shape index (κ1) is 15.2. The molecular weight excluding hydrogens is 316 g/mol. The van der Waals surface area contributed by atoms with Crippen molar-refractivity contribution in [2.24, 2.45) is 0 Å². The maximum Gasteiger partial charge on any atom is 0.168 e. The number of imidazole rings is 1. The van der Waals surface area contributed by atoms with E-state index in [0.29, 0.717) is 22.6 Å². The van der Waals surface area contributed by atoms with E-state index in [1.165, 1.54) is 30.4 Å². The summed E-state index contributed by atoms with van der Waals surface area (Å²) in [7, 11) is 0. The van der Waals surface area contributed by atoms with Crippen LogP contribution in [0.25, 0.3) is 22.6 Å². The van der Waals surface area contributed by atoms with Crippen LogP contribution in [0, 0.1) is 0 Å². The lowest BCUT2D eigenvalue weighted by Gasteiger charge is -2.27. The highest BCUT2D eigenvalue weighted by Crippen LogP contribution is 2.39. The fourth-order valence-electron chi connectivity index (χ4n) is 3.01. The Hall–Kier alpha value is -2.33. The number of hydrogen-bond donors (Lipinski definition) is 3. The van der Waals surface area contributed by atoms with Crippen molar-refractivity contribution in [1.82, 2.24) is 19.5 Å². The summed E-state index contributed by atoms with van der Waals surface area (Å²) in [6.07, 6.45) is 1.27. The number of furan rings is 1. The average Bonchev–Trinajstić information content (AvgIpc) is 3.28. The molecule has 1 aliphatic rings. The molecule has 1 saturated heterocycles. The predicted molar refractivity (Wildman–Crippen MR) is 80.7 cm³/mol. The van der Waals surface area contributed by atoms with Crippen molar-refractivity contribution in [1.29, 1.82) is 0 Å². The van der Waals surface area contributed by atoms with Crippen LogP contribution in [0.4, 0.5) is 0 Å². The number of hydrogen-bond acceptors (Lipinski definition) is 8. The van der Waals surface area contributed by atoms with Crippen LogP contribution >= 0.6 is 0 Å². The Labute approximate surface area is 136 Å².